The van der Waals surface area contributed by atoms with Crippen LogP contribution >= 0.6 is 0 Å². The van der Waals surface area contributed by atoms with Gasteiger partial charge in [-0.2, -0.15) is 0 Å². The molecule has 0 fully saturated rings. The summed E-state index contributed by atoms with van der Waals surface area (Å²) < 4.78 is 0. The molecule has 0 saturated carbocycles. The van der Waals surface area contributed by atoms with Crippen LogP contribution in [-0.4, -0.2) is 59.1 Å². The second-order valence-electron chi connectivity index (χ2n) is 6.30. The fourth-order valence-corrected chi connectivity index (χ4v) is 2.80. The number of rotatable bonds is 16. The molecular weight excluding hydrogens is 274 g/mol. The Morgan fingerprint density at radius 2 is 0.429 bits per heavy atom. The van der Waals surface area contributed by atoms with Gasteiger partial charge in [0.05, 0.1) is 0 Å². The minimum Gasteiger partial charge on any atom is -0.0654 e. The molecule has 2 radical (unpaired) electrons. The van der Waals surface area contributed by atoms with Crippen molar-refractivity contribution >= 4 is 59.1 Å². The van der Waals surface area contributed by atoms with E-state index in [1.807, 2.05) is 0 Å². The van der Waals surface area contributed by atoms with Crippen molar-refractivity contribution in [2.24, 2.45) is 0 Å². The summed E-state index contributed by atoms with van der Waals surface area (Å²) in [5, 5.41) is 0. The van der Waals surface area contributed by atoms with Gasteiger partial charge in [0, 0.05) is 59.1 Å². The van der Waals surface area contributed by atoms with Gasteiger partial charge in [0.1, 0.15) is 0 Å². The van der Waals surface area contributed by atoms with Gasteiger partial charge < -0.3 is 0 Å². The standard InChI is InChI=1S/C19H40.2Na/c1-3-5-7-9-11-13-15-17-19-18-16-14-12-10-8-6-4-2;;/h3-19H2,1-2H3;;. The summed E-state index contributed by atoms with van der Waals surface area (Å²) in [6, 6.07) is 0. The van der Waals surface area contributed by atoms with E-state index in [9.17, 15) is 0 Å². The zero-order valence-electron chi connectivity index (χ0n) is 16.0. The van der Waals surface area contributed by atoms with Gasteiger partial charge in [-0.3, -0.25) is 0 Å². The minimum atomic E-state index is 0. The van der Waals surface area contributed by atoms with Crippen LogP contribution in [0.5, 0.6) is 0 Å². The first kappa shape index (κ1) is 27.8. The van der Waals surface area contributed by atoms with Crippen molar-refractivity contribution in [3.63, 3.8) is 0 Å². The Hall–Kier alpha value is 2.00. The molecule has 0 aromatic carbocycles. The van der Waals surface area contributed by atoms with E-state index in [2.05, 4.69) is 13.8 Å². The number of unbranched alkanes of at least 4 members (excludes halogenated alkanes) is 16. The van der Waals surface area contributed by atoms with Gasteiger partial charge in [0.15, 0.2) is 0 Å². The third-order valence-corrected chi connectivity index (χ3v) is 4.21. The van der Waals surface area contributed by atoms with Crippen LogP contribution in [-0.2, 0) is 0 Å². The van der Waals surface area contributed by atoms with Crippen molar-refractivity contribution in [1.82, 2.24) is 0 Å². The molecule has 0 saturated heterocycles. The van der Waals surface area contributed by atoms with E-state index in [0.717, 1.165) is 0 Å². The molecule has 0 amide bonds. The van der Waals surface area contributed by atoms with Crippen molar-refractivity contribution in [2.45, 2.75) is 123 Å². The van der Waals surface area contributed by atoms with Crippen LogP contribution < -0.4 is 0 Å². The van der Waals surface area contributed by atoms with Crippen LogP contribution in [0.25, 0.3) is 0 Å². The maximum absolute atomic E-state index is 2.30. The van der Waals surface area contributed by atoms with Gasteiger partial charge >= 0.3 is 0 Å². The average Bonchev–Trinajstić information content (AvgIpc) is 2.43. The van der Waals surface area contributed by atoms with E-state index in [-0.39, 0.29) is 59.1 Å². The summed E-state index contributed by atoms with van der Waals surface area (Å²) in [6.07, 6.45) is 24.9. The van der Waals surface area contributed by atoms with E-state index in [1.54, 1.807) is 0 Å². The van der Waals surface area contributed by atoms with Gasteiger partial charge in [0.2, 0.25) is 0 Å². The SMILES string of the molecule is CCCCCCCCCCCCCCCCCCC.[Na].[Na]. The number of hydrogen-bond donors (Lipinski definition) is 0. The molecule has 0 spiro atoms. The van der Waals surface area contributed by atoms with E-state index >= 15 is 0 Å². The van der Waals surface area contributed by atoms with Gasteiger partial charge in [-0.1, -0.05) is 123 Å². The van der Waals surface area contributed by atoms with E-state index in [4.69, 9.17) is 0 Å². The zero-order chi connectivity index (χ0) is 14.0. The van der Waals surface area contributed by atoms with Crippen LogP contribution in [0, 0.1) is 0 Å². The molecule has 0 aliphatic carbocycles. The van der Waals surface area contributed by atoms with Crippen LogP contribution in [0.4, 0.5) is 0 Å². The minimum absolute atomic E-state index is 0. The summed E-state index contributed by atoms with van der Waals surface area (Å²) in [5.41, 5.74) is 0. The largest absolute Gasteiger partial charge is 0.0654 e. The smallest absolute Gasteiger partial charge is 0 e. The van der Waals surface area contributed by atoms with Crippen molar-refractivity contribution < 1.29 is 0 Å². The third-order valence-electron chi connectivity index (χ3n) is 4.21. The molecule has 2 heteroatoms. The Kier molecular flexibility index (Phi) is 35.6. The normalized spacial score (nSPS) is 10.0. The molecule has 0 unspecified atom stereocenters. The van der Waals surface area contributed by atoms with Gasteiger partial charge in [-0.15, -0.1) is 0 Å². The van der Waals surface area contributed by atoms with Gasteiger partial charge in [-0.05, 0) is 0 Å². The molecule has 118 valence electrons. The third kappa shape index (κ3) is 27.2. The molecule has 0 aromatic heterocycles. The fraction of sp³-hybridized carbons (Fsp3) is 1.00. The van der Waals surface area contributed by atoms with Crippen molar-refractivity contribution in [3.8, 4) is 0 Å². The molecule has 0 aliphatic rings. The second kappa shape index (κ2) is 26.9. The van der Waals surface area contributed by atoms with Crippen LogP contribution in [0.2, 0.25) is 0 Å². The monoisotopic (exact) mass is 314 g/mol. The Morgan fingerprint density at radius 1 is 0.286 bits per heavy atom. The van der Waals surface area contributed by atoms with Crippen molar-refractivity contribution in [1.29, 1.82) is 0 Å². The van der Waals surface area contributed by atoms with E-state index in [0.29, 0.717) is 0 Å². The van der Waals surface area contributed by atoms with Crippen LogP contribution in [0.1, 0.15) is 123 Å². The first-order chi connectivity index (χ1) is 9.41. The summed E-state index contributed by atoms with van der Waals surface area (Å²) in [5.74, 6) is 0. The maximum atomic E-state index is 2.30. The molecule has 0 atom stereocenters. The van der Waals surface area contributed by atoms with Crippen LogP contribution in [0.3, 0.4) is 0 Å². The molecule has 0 aromatic rings. The molecule has 0 rings (SSSR count). The second-order valence-corrected chi connectivity index (χ2v) is 6.30. The zero-order valence-corrected chi connectivity index (χ0v) is 20.0. The quantitative estimate of drug-likeness (QED) is 0.215. The molecule has 0 bridgehead atoms. The van der Waals surface area contributed by atoms with Gasteiger partial charge in [0.25, 0.3) is 0 Å². The first-order valence-corrected chi connectivity index (χ1v) is 9.41. The van der Waals surface area contributed by atoms with Gasteiger partial charge in [-0.25, -0.2) is 0 Å². The average molecular weight is 315 g/mol. The predicted octanol–water partition coefficient (Wildman–Crippen LogP) is 6.90. The molecule has 0 nitrogen and oxygen atoms in total. The molecule has 21 heavy (non-hydrogen) atoms. The summed E-state index contributed by atoms with van der Waals surface area (Å²) in [6.45, 7) is 4.59. The van der Waals surface area contributed by atoms with E-state index < -0.39 is 0 Å². The number of hydrogen-bond acceptors (Lipinski definition) is 0. The molecule has 0 heterocycles. The molecule has 0 aliphatic heterocycles. The summed E-state index contributed by atoms with van der Waals surface area (Å²) in [4.78, 5) is 0. The Bertz CT molecular complexity index is 133. The topological polar surface area (TPSA) is 0 Å². The van der Waals surface area contributed by atoms with E-state index in [1.165, 1.54) is 109 Å². The predicted molar refractivity (Wildman–Crippen MR) is 101 cm³/mol. The van der Waals surface area contributed by atoms with Crippen LogP contribution in [0.15, 0.2) is 0 Å². The Morgan fingerprint density at radius 3 is 0.571 bits per heavy atom. The summed E-state index contributed by atoms with van der Waals surface area (Å²) >= 11 is 0. The maximum Gasteiger partial charge on any atom is 0 e. The Labute approximate surface area is 180 Å². The molecule has 0 N–H and O–H groups in total. The fourth-order valence-electron chi connectivity index (χ4n) is 2.80. The molecular formula is C19H40Na2. The van der Waals surface area contributed by atoms with Crippen molar-refractivity contribution in [2.75, 3.05) is 0 Å². The summed E-state index contributed by atoms with van der Waals surface area (Å²) in [7, 11) is 0. The van der Waals surface area contributed by atoms with Crippen molar-refractivity contribution in [3.05, 3.63) is 0 Å². The first-order valence-electron chi connectivity index (χ1n) is 9.41. The Balaban J connectivity index is -0.00000162.